The number of ether oxygens (including phenoxy) is 1. The standard InChI is InChI=1S/C26H38N2O5Si/c1-16(20-19(21(29)27-20)25(5,24(2,3)4)33-34(6)7)22(30)28-23(31)17-12-8-9-13-18(17)32-26(28)14-10-11-15-26/h8-9,12-13,16,19-20,34H,10-11,14-15H2,1-7H3,(H,27,29)/t16-,19-,20-,25-/m1/s1. The highest BCUT2D eigenvalue weighted by atomic mass is 28.3. The molecule has 1 saturated carbocycles. The lowest BCUT2D eigenvalue weighted by molar-refractivity contribution is -0.169. The van der Waals surface area contributed by atoms with Crippen molar-refractivity contribution in [1.29, 1.82) is 0 Å². The van der Waals surface area contributed by atoms with E-state index in [4.69, 9.17) is 9.16 Å². The summed E-state index contributed by atoms with van der Waals surface area (Å²) < 4.78 is 12.9. The van der Waals surface area contributed by atoms with E-state index in [9.17, 15) is 14.4 Å². The van der Waals surface area contributed by atoms with Crippen LogP contribution in [0.4, 0.5) is 0 Å². The number of β-lactam (4-membered cyclic amide) rings is 1. The second-order valence-corrected chi connectivity index (χ2v) is 13.9. The number of imide groups is 1. The molecule has 186 valence electrons. The van der Waals surface area contributed by atoms with Gasteiger partial charge < -0.3 is 14.5 Å². The molecule has 1 spiro atoms. The molecule has 7 nitrogen and oxygen atoms in total. The first kappa shape index (κ1) is 24.9. The van der Waals surface area contributed by atoms with Crippen molar-refractivity contribution in [2.45, 2.75) is 90.8 Å². The molecule has 1 aliphatic carbocycles. The van der Waals surface area contributed by atoms with E-state index >= 15 is 0 Å². The summed E-state index contributed by atoms with van der Waals surface area (Å²) in [6, 6.07) is 6.71. The summed E-state index contributed by atoms with van der Waals surface area (Å²) in [4.78, 5) is 41.9. The number of hydrogen-bond donors (Lipinski definition) is 1. The number of carbonyl (C=O) groups excluding carboxylic acids is 3. The van der Waals surface area contributed by atoms with Gasteiger partial charge >= 0.3 is 0 Å². The van der Waals surface area contributed by atoms with Crippen LogP contribution in [0.2, 0.25) is 13.1 Å². The Kier molecular flexibility index (Phi) is 6.22. The molecule has 1 saturated heterocycles. The Morgan fingerprint density at radius 1 is 1.18 bits per heavy atom. The number of benzene rings is 1. The smallest absolute Gasteiger partial charge is 0.267 e. The summed E-state index contributed by atoms with van der Waals surface area (Å²) >= 11 is 0. The second kappa shape index (κ2) is 8.48. The first-order valence-electron chi connectivity index (χ1n) is 12.5. The molecule has 2 aliphatic heterocycles. The molecule has 3 aliphatic rings. The van der Waals surface area contributed by atoms with Gasteiger partial charge in [0, 0.05) is 12.8 Å². The maximum Gasteiger partial charge on any atom is 0.267 e. The molecule has 4 atom stereocenters. The normalized spacial score (nSPS) is 26.4. The van der Waals surface area contributed by atoms with Crippen LogP contribution in [-0.2, 0) is 14.0 Å². The Hall–Kier alpha value is -2.19. The summed E-state index contributed by atoms with van der Waals surface area (Å²) in [7, 11) is -1.49. The van der Waals surface area contributed by atoms with Crippen LogP contribution in [-0.4, -0.2) is 49.0 Å². The lowest BCUT2D eigenvalue weighted by Gasteiger charge is -2.56. The molecule has 1 aromatic carbocycles. The summed E-state index contributed by atoms with van der Waals surface area (Å²) in [6.45, 7) is 14.2. The van der Waals surface area contributed by atoms with Crippen molar-refractivity contribution < 1.29 is 23.5 Å². The number of rotatable bonds is 5. The van der Waals surface area contributed by atoms with E-state index in [-0.39, 0.29) is 23.1 Å². The quantitative estimate of drug-likeness (QED) is 0.504. The van der Waals surface area contributed by atoms with Crippen molar-refractivity contribution in [3.8, 4) is 5.75 Å². The fourth-order valence-electron chi connectivity index (χ4n) is 5.82. The molecule has 0 unspecified atom stereocenters. The number of fused-ring (bicyclic) bond motifs is 1. The maximum absolute atomic E-state index is 14.0. The third-order valence-electron chi connectivity index (χ3n) is 8.08. The van der Waals surface area contributed by atoms with E-state index in [2.05, 4.69) is 39.2 Å². The molecular weight excluding hydrogens is 448 g/mol. The molecule has 34 heavy (non-hydrogen) atoms. The fourth-order valence-corrected chi connectivity index (χ4v) is 7.30. The van der Waals surface area contributed by atoms with Crippen LogP contribution in [0.1, 0.15) is 70.7 Å². The fraction of sp³-hybridized carbons (Fsp3) is 0.654. The molecule has 2 fully saturated rings. The van der Waals surface area contributed by atoms with E-state index < -0.39 is 38.2 Å². The average molecular weight is 487 g/mol. The van der Waals surface area contributed by atoms with Gasteiger partial charge in [-0.15, -0.1) is 0 Å². The maximum atomic E-state index is 14.0. The van der Waals surface area contributed by atoms with Gasteiger partial charge in [0.15, 0.2) is 14.8 Å². The molecule has 0 bridgehead atoms. The Morgan fingerprint density at radius 2 is 1.79 bits per heavy atom. The molecule has 1 aromatic rings. The number of amides is 3. The van der Waals surface area contributed by atoms with Gasteiger partial charge in [-0.1, -0.05) is 39.8 Å². The van der Waals surface area contributed by atoms with Crippen LogP contribution >= 0.6 is 0 Å². The number of nitrogens with zero attached hydrogens (tertiary/aromatic N) is 1. The zero-order chi connectivity index (χ0) is 25.1. The Morgan fingerprint density at radius 3 is 2.35 bits per heavy atom. The third kappa shape index (κ3) is 3.79. The summed E-state index contributed by atoms with van der Waals surface area (Å²) in [5, 5.41) is 2.97. The molecule has 0 aromatic heterocycles. The Bertz CT molecular complexity index is 997. The highest BCUT2D eigenvalue weighted by Crippen LogP contribution is 2.48. The van der Waals surface area contributed by atoms with Crippen molar-refractivity contribution >= 4 is 26.8 Å². The van der Waals surface area contributed by atoms with Gasteiger partial charge in [-0.25, -0.2) is 4.90 Å². The molecule has 2 heterocycles. The van der Waals surface area contributed by atoms with Gasteiger partial charge in [-0.3, -0.25) is 14.4 Å². The predicted octanol–water partition coefficient (Wildman–Crippen LogP) is 3.87. The zero-order valence-electron chi connectivity index (χ0n) is 21.4. The first-order valence-corrected chi connectivity index (χ1v) is 15.2. The second-order valence-electron chi connectivity index (χ2n) is 11.6. The topological polar surface area (TPSA) is 84.9 Å². The van der Waals surface area contributed by atoms with Gasteiger partial charge in [0.05, 0.1) is 29.0 Å². The lowest BCUT2D eigenvalue weighted by atomic mass is 9.62. The van der Waals surface area contributed by atoms with Crippen LogP contribution in [0.25, 0.3) is 0 Å². The number of carbonyl (C=O) groups is 3. The highest BCUT2D eigenvalue weighted by Gasteiger charge is 2.61. The Balaban J connectivity index is 1.67. The van der Waals surface area contributed by atoms with Crippen LogP contribution in [0.3, 0.4) is 0 Å². The van der Waals surface area contributed by atoms with Crippen LogP contribution in [0.5, 0.6) is 5.75 Å². The number of hydrogen-bond acceptors (Lipinski definition) is 5. The third-order valence-corrected chi connectivity index (χ3v) is 9.04. The largest absolute Gasteiger partial charge is 0.467 e. The summed E-state index contributed by atoms with van der Waals surface area (Å²) in [6.07, 6.45) is 3.03. The molecule has 8 heteroatoms. The van der Waals surface area contributed by atoms with E-state index in [0.717, 1.165) is 12.8 Å². The van der Waals surface area contributed by atoms with Crippen molar-refractivity contribution in [3.05, 3.63) is 29.8 Å². The van der Waals surface area contributed by atoms with Crippen LogP contribution in [0, 0.1) is 17.3 Å². The molecule has 0 radical (unpaired) electrons. The van der Waals surface area contributed by atoms with Gasteiger partial charge in [-0.05, 0) is 50.4 Å². The SMILES string of the molecule is C[C@@H](C(=O)N1C(=O)c2ccccc2OC12CCCC2)[C@H]1NC(=O)[C@@H]1[C@@](C)(O[SiH](C)C)C(C)(C)C. The monoisotopic (exact) mass is 486 g/mol. The average Bonchev–Trinajstić information content (AvgIpc) is 3.18. The van der Waals surface area contributed by atoms with Crippen molar-refractivity contribution in [2.24, 2.45) is 17.3 Å². The summed E-state index contributed by atoms with van der Waals surface area (Å²) in [5.74, 6) is -1.25. The molecule has 3 amide bonds. The van der Waals surface area contributed by atoms with Crippen LogP contribution < -0.4 is 10.1 Å². The van der Waals surface area contributed by atoms with Crippen molar-refractivity contribution in [3.63, 3.8) is 0 Å². The highest BCUT2D eigenvalue weighted by molar-refractivity contribution is 6.48. The van der Waals surface area contributed by atoms with Crippen molar-refractivity contribution in [2.75, 3.05) is 0 Å². The summed E-state index contributed by atoms with van der Waals surface area (Å²) in [5.41, 5.74) is -1.59. The molecule has 1 N–H and O–H groups in total. The lowest BCUT2D eigenvalue weighted by Crippen LogP contribution is -2.74. The number of para-hydroxylation sites is 1. The zero-order valence-corrected chi connectivity index (χ0v) is 22.6. The van der Waals surface area contributed by atoms with E-state index in [1.165, 1.54) is 4.90 Å². The van der Waals surface area contributed by atoms with E-state index in [0.29, 0.717) is 24.2 Å². The minimum absolute atomic E-state index is 0.0983. The minimum atomic E-state index is -1.49. The van der Waals surface area contributed by atoms with E-state index in [1.54, 1.807) is 18.2 Å². The van der Waals surface area contributed by atoms with Gasteiger partial charge in [0.1, 0.15) is 5.75 Å². The number of nitrogens with one attached hydrogen (secondary N) is 1. The van der Waals surface area contributed by atoms with E-state index in [1.807, 2.05) is 19.9 Å². The Labute approximate surface area is 204 Å². The predicted molar refractivity (Wildman–Crippen MR) is 132 cm³/mol. The molecular formula is C26H38N2O5Si. The van der Waals surface area contributed by atoms with Crippen molar-refractivity contribution in [1.82, 2.24) is 10.2 Å². The van der Waals surface area contributed by atoms with Gasteiger partial charge in [0.2, 0.25) is 11.8 Å². The van der Waals surface area contributed by atoms with Crippen LogP contribution in [0.15, 0.2) is 24.3 Å². The van der Waals surface area contributed by atoms with Gasteiger partial charge in [0.25, 0.3) is 5.91 Å². The minimum Gasteiger partial charge on any atom is -0.467 e. The first-order chi connectivity index (χ1) is 15.8. The van der Waals surface area contributed by atoms with Gasteiger partial charge in [-0.2, -0.15) is 0 Å². The molecule has 4 rings (SSSR count).